The number of halogens is 1. The lowest BCUT2D eigenvalue weighted by atomic mass is 9.96. The molecule has 0 saturated heterocycles. The van der Waals surface area contributed by atoms with E-state index in [2.05, 4.69) is 19.2 Å². The molecule has 0 aromatic heterocycles. The van der Waals surface area contributed by atoms with Crippen LogP contribution in [-0.4, -0.2) is 28.7 Å². The number of hydrogen-bond donors (Lipinski definition) is 5. The molecule has 0 aliphatic rings. The predicted molar refractivity (Wildman–Crippen MR) is 130 cm³/mol. The molecule has 1 unspecified atom stereocenters. The molecule has 0 fully saturated rings. The lowest BCUT2D eigenvalue weighted by molar-refractivity contribution is -0.117. The molecule has 0 bridgehead atoms. The van der Waals surface area contributed by atoms with Crippen molar-refractivity contribution < 1.29 is 15.0 Å². The van der Waals surface area contributed by atoms with Gasteiger partial charge in [-0.15, -0.1) is 12.4 Å². The minimum atomic E-state index is -0.654. The van der Waals surface area contributed by atoms with E-state index in [4.69, 9.17) is 11.5 Å². The summed E-state index contributed by atoms with van der Waals surface area (Å²) < 4.78 is 0. The number of aromatic hydroxyl groups is 2. The van der Waals surface area contributed by atoms with Gasteiger partial charge in [0.2, 0.25) is 5.91 Å². The van der Waals surface area contributed by atoms with Gasteiger partial charge in [0.25, 0.3) is 0 Å². The van der Waals surface area contributed by atoms with Crippen LogP contribution < -0.4 is 16.8 Å². The Kier molecular flexibility index (Phi) is 11.4. The van der Waals surface area contributed by atoms with Crippen LogP contribution in [0.15, 0.2) is 30.3 Å². The average Bonchev–Trinajstić information content (AvgIpc) is 2.72. The normalized spacial score (nSPS) is 11.6. The number of unbranched alkanes of at least 4 members (excludes halogenated alkanes) is 1. The summed E-state index contributed by atoms with van der Waals surface area (Å²) in [6.45, 7) is 4.71. The average molecular weight is 450 g/mol. The molecule has 2 aromatic rings. The van der Waals surface area contributed by atoms with Crippen LogP contribution in [0.25, 0.3) is 11.1 Å². The van der Waals surface area contributed by atoms with Crippen molar-refractivity contribution in [1.82, 2.24) is 0 Å². The van der Waals surface area contributed by atoms with Gasteiger partial charge in [0.05, 0.1) is 11.7 Å². The van der Waals surface area contributed by atoms with Gasteiger partial charge in [-0.05, 0) is 73.2 Å². The van der Waals surface area contributed by atoms with Gasteiger partial charge >= 0.3 is 0 Å². The molecule has 31 heavy (non-hydrogen) atoms. The molecule has 0 aliphatic heterocycles. The number of amides is 1. The second-order valence-electron chi connectivity index (χ2n) is 7.76. The summed E-state index contributed by atoms with van der Waals surface area (Å²) in [5.41, 5.74) is 15.2. The number of phenolic OH excluding ortho intramolecular Hbond substituents is 2. The number of nitrogens with two attached hydrogens (primary N) is 2. The lowest BCUT2D eigenvalue weighted by Gasteiger charge is -2.17. The molecule has 1 amide bonds. The predicted octanol–water partition coefficient (Wildman–Crippen LogP) is 4.49. The largest absolute Gasteiger partial charge is 0.508 e. The fourth-order valence-corrected chi connectivity index (χ4v) is 3.53. The summed E-state index contributed by atoms with van der Waals surface area (Å²) in [7, 11) is 0. The van der Waals surface area contributed by atoms with Crippen LogP contribution in [0.1, 0.15) is 57.1 Å². The number of hydrogen-bond acceptors (Lipinski definition) is 5. The Balaban J connectivity index is 0.00000480. The number of phenols is 2. The minimum absolute atomic E-state index is 0. The Morgan fingerprint density at radius 1 is 1.06 bits per heavy atom. The van der Waals surface area contributed by atoms with Crippen LogP contribution in [0, 0.1) is 0 Å². The van der Waals surface area contributed by atoms with Crippen LogP contribution in [0.3, 0.4) is 0 Å². The molecule has 0 spiro atoms. The molecule has 0 radical (unpaired) electrons. The van der Waals surface area contributed by atoms with Gasteiger partial charge in [-0.1, -0.05) is 39.2 Å². The Bertz CT molecular complexity index is 858. The van der Waals surface area contributed by atoms with Gasteiger partial charge < -0.3 is 27.0 Å². The van der Waals surface area contributed by atoms with Crippen molar-refractivity contribution in [3.63, 3.8) is 0 Å². The highest BCUT2D eigenvalue weighted by atomic mass is 35.5. The molecule has 6 nitrogen and oxygen atoms in total. The first kappa shape index (κ1) is 26.8. The molecule has 7 N–H and O–H groups in total. The summed E-state index contributed by atoms with van der Waals surface area (Å²) in [5.74, 6) is -0.0634. The van der Waals surface area contributed by atoms with E-state index in [0.717, 1.165) is 55.2 Å². The van der Waals surface area contributed by atoms with E-state index in [1.54, 1.807) is 18.2 Å². The summed E-state index contributed by atoms with van der Waals surface area (Å²) in [5, 5.41) is 23.8. The fraction of sp³-hybridized carbons (Fsp3) is 0.458. The van der Waals surface area contributed by atoms with E-state index in [1.165, 1.54) is 0 Å². The quantitative estimate of drug-likeness (QED) is 0.255. The summed E-state index contributed by atoms with van der Waals surface area (Å²) in [4.78, 5) is 12.5. The Labute approximate surface area is 191 Å². The highest BCUT2D eigenvalue weighted by Gasteiger charge is 2.18. The van der Waals surface area contributed by atoms with Crippen LogP contribution >= 0.6 is 12.4 Å². The maximum Gasteiger partial charge on any atom is 0.241 e. The molecule has 2 rings (SSSR count). The standard InChI is InChI=1S/C24H35N3O3.ClH/c1-3-7-16-13-19(17-10-11-22(28)18(15-17)8-4-2)23(29)21(14-16)27-24(30)20(26)9-5-6-12-25;/h10-11,13-15,20,28-29H,3-9,12,25-26H2,1-2H3,(H,27,30);1H. The molecule has 1 atom stereocenters. The first-order valence-electron chi connectivity index (χ1n) is 10.9. The van der Waals surface area contributed by atoms with Gasteiger partial charge in [0.15, 0.2) is 0 Å². The highest BCUT2D eigenvalue weighted by molar-refractivity contribution is 5.97. The summed E-state index contributed by atoms with van der Waals surface area (Å²) in [6, 6.07) is 8.42. The van der Waals surface area contributed by atoms with Crippen molar-refractivity contribution in [2.24, 2.45) is 11.5 Å². The SMILES string of the molecule is CCCc1cc(NC(=O)C(N)CCCCN)c(O)c(-c2ccc(O)c(CCC)c2)c1.Cl. The van der Waals surface area contributed by atoms with Gasteiger partial charge in [0.1, 0.15) is 11.5 Å². The zero-order valence-electron chi connectivity index (χ0n) is 18.5. The number of nitrogens with one attached hydrogen (secondary N) is 1. The second-order valence-corrected chi connectivity index (χ2v) is 7.76. The smallest absolute Gasteiger partial charge is 0.241 e. The van der Waals surface area contributed by atoms with Crippen LogP contribution in [-0.2, 0) is 17.6 Å². The Morgan fingerprint density at radius 2 is 1.77 bits per heavy atom. The van der Waals surface area contributed by atoms with Crippen molar-refractivity contribution in [2.45, 2.75) is 64.8 Å². The number of aryl methyl sites for hydroxylation is 2. The third-order valence-corrected chi connectivity index (χ3v) is 5.18. The molecule has 0 saturated carbocycles. The molecule has 172 valence electrons. The zero-order chi connectivity index (χ0) is 22.1. The van der Waals surface area contributed by atoms with E-state index >= 15 is 0 Å². The molecule has 0 aliphatic carbocycles. The van der Waals surface area contributed by atoms with E-state index in [1.807, 2.05) is 12.1 Å². The first-order chi connectivity index (χ1) is 14.4. The van der Waals surface area contributed by atoms with Crippen LogP contribution in [0.5, 0.6) is 11.5 Å². The number of carbonyl (C=O) groups is 1. The van der Waals surface area contributed by atoms with Crippen LogP contribution in [0.4, 0.5) is 5.69 Å². The third kappa shape index (κ3) is 7.42. The van der Waals surface area contributed by atoms with Gasteiger partial charge in [-0.25, -0.2) is 0 Å². The fourth-order valence-electron chi connectivity index (χ4n) is 3.53. The minimum Gasteiger partial charge on any atom is -0.508 e. The van der Waals surface area contributed by atoms with Crippen molar-refractivity contribution >= 4 is 24.0 Å². The monoisotopic (exact) mass is 449 g/mol. The number of carbonyl (C=O) groups excluding carboxylic acids is 1. The first-order valence-corrected chi connectivity index (χ1v) is 10.9. The Morgan fingerprint density at radius 3 is 2.42 bits per heavy atom. The van der Waals surface area contributed by atoms with Crippen molar-refractivity contribution in [2.75, 3.05) is 11.9 Å². The maximum absolute atomic E-state index is 12.5. The van der Waals surface area contributed by atoms with E-state index in [-0.39, 0.29) is 29.8 Å². The molecular formula is C24H36ClN3O3. The zero-order valence-corrected chi connectivity index (χ0v) is 19.3. The van der Waals surface area contributed by atoms with Crippen molar-refractivity contribution in [3.8, 4) is 22.6 Å². The van der Waals surface area contributed by atoms with E-state index in [0.29, 0.717) is 24.2 Å². The third-order valence-electron chi connectivity index (χ3n) is 5.18. The second kappa shape index (κ2) is 13.2. The topological polar surface area (TPSA) is 122 Å². The van der Waals surface area contributed by atoms with Gasteiger partial charge in [-0.3, -0.25) is 4.79 Å². The Hall–Kier alpha value is -2.28. The molecule has 2 aromatic carbocycles. The van der Waals surface area contributed by atoms with Crippen molar-refractivity contribution in [1.29, 1.82) is 0 Å². The van der Waals surface area contributed by atoms with Crippen molar-refractivity contribution in [3.05, 3.63) is 41.5 Å². The highest BCUT2D eigenvalue weighted by Crippen LogP contribution is 2.39. The van der Waals surface area contributed by atoms with Gasteiger partial charge in [0, 0.05) is 5.56 Å². The molecule has 7 heteroatoms. The van der Waals surface area contributed by atoms with Gasteiger partial charge in [-0.2, -0.15) is 0 Å². The number of benzene rings is 2. The number of rotatable bonds is 11. The number of anilines is 1. The maximum atomic E-state index is 12.5. The van der Waals surface area contributed by atoms with Crippen LogP contribution in [0.2, 0.25) is 0 Å². The van der Waals surface area contributed by atoms with E-state index < -0.39 is 6.04 Å². The lowest BCUT2D eigenvalue weighted by Crippen LogP contribution is -2.35. The van der Waals surface area contributed by atoms with E-state index in [9.17, 15) is 15.0 Å². The molecular weight excluding hydrogens is 414 g/mol. The molecule has 0 heterocycles. The summed E-state index contributed by atoms with van der Waals surface area (Å²) >= 11 is 0. The summed E-state index contributed by atoms with van der Waals surface area (Å²) in [6.07, 6.45) is 5.56.